The monoisotopic (exact) mass is 281 g/mol. The molecule has 20 heavy (non-hydrogen) atoms. The number of nitrogens with one attached hydrogen (secondary N) is 1. The molecular weight excluding hydrogens is 258 g/mol. The van der Waals surface area contributed by atoms with Gasteiger partial charge >= 0.3 is 0 Å². The van der Waals surface area contributed by atoms with Crippen LogP contribution in [-0.2, 0) is 4.79 Å². The number of carbonyl (C=O) groups is 1. The summed E-state index contributed by atoms with van der Waals surface area (Å²) in [6.07, 6.45) is 2.25. The molecule has 0 atom stereocenters. The van der Waals surface area contributed by atoms with E-state index in [1.54, 1.807) is 11.9 Å². The van der Waals surface area contributed by atoms with E-state index in [0.717, 1.165) is 6.42 Å². The van der Waals surface area contributed by atoms with Crippen LogP contribution < -0.4 is 20.7 Å². The van der Waals surface area contributed by atoms with E-state index in [-0.39, 0.29) is 18.5 Å². The van der Waals surface area contributed by atoms with Crippen molar-refractivity contribution >= 4 is 17.4 Å². The molecule has 0 saturated heterocycles. The van der Waals surface area contributed by atoms with Gasteiger partial charge in [0.15, 0.2) is 5.82 Å². The molecule has 0 saturated carbocycles. The van der Waals surface area contributed by atoms with Crippen molar-refractivity contribution in [1.82, 2.24) is 15.3 Å². The van der Waals surface area contributed by atoms with Gasteiger partial charge < -0.3 is 20.7 Å². The van der Waals surface area contributed by atoms with E-state index in [9.17, 15) is 4.79 Å². The van der Waals surface area contributed by atoms with Crippen molar-refractivity contribution in [1.29, 1.82) is 0 Å². The smallest absolute Gasteiger partial charge is 0.242 e. The Morgan fingerprint density at radius 2 is 2.20 bits per heavy atom. The number of rotatable bonds is 7. The zero-order valence-electron chi connectivity index (χ0n) is 12.5. The number of nitrogen functional groups attached to an aromatic ring is 1. The molecule has 0 aromatic carbocycles. The van der Waals surface area contributed by atoms with Crippen LogP contribution in [0.3, 0.4) is 0 Å². The SMILES string of the molecule is CCCOc1ncnc(N(C)CC(=O)NC(C)C)c1N. The molecule has 0 aliphatic carbocycles. The van der Waals surface area contributed by atoms with E-state index in [0.29, 0.717) is 24.0 Å². The Labute approximate surface area is 119 Å². The standard InChI is InChI=1S/C13H23N5O2/c1-5-6-20-13-11(14)12(15-8-16-13)18(4)7-10(19)17-9(2)3/h8-9H,5-7,14H2,1-4H3,(H,17,19). The maximum Gasteiger partial charge on any atom is 0.242 e. The van der Waals surface area contributed by atoms with E-state index < -0.39 is 0 Å². The Hall–Kier alpha value is -2.05. The van der Waals surface area contributed by atoms with E-state index in [2.05, 4.69) is 15.3 Å². The fourth-order valence-electron chi connectivity index (χ4n) is 1.65. The third kappa shape index (κ3) is 4.56. The third-order valence-corrected chi connectivity index (χ3v) is 2.46. The number of aromatic nitrogens is 2. The number of carbonyl (C=O) groups excluding carboxylic acids is 1. The summed E-state index contributed by atoms with van der Waals surface area (Å²) >= 11 is 0. The Morgan fingerprint density at radius 3 is 2.80 bits per heavy atom. The van der Waals surface area contributed by atoms with Gasteiger partial charge in [0.25, 0.3) is 0 Å². The molecule has 0 aliphatic heterocycles. The normalized spacial score (nSPS) is 10.4. The summed E-state index contributed by atoms with van der Waals surface area (Å²) in [6, 6.07) is 0.0992. The molecule has 7 heteroatoms. The van der Waals surface area contributed by atoms with Gasteiger partial charge in [-0.15, -0.1) is 0 Å². The van der Waals surface area contributed by atoms with Crippen molar-refractivity contribution in [3.8, 4) is 5.88 Å². The highest BCUT2D eigenvalue weighted by Gasteiger charge is 2.15. The average molecular weight is 281 g/mol. The first-order valence-corrected chi connectivity index (χ1v) is 6.69. The number of hydrogen-bond donors (Lipinski definition) is 2. The van der Waals surface area contributed by atoms with Gasteiger partial charge in [-0.25, -0.2) is 4.98 Å². The molecule has 0 bridgehead atoms. The molecule has 1 aromatic rings. The van der Waals surface area contributed by atoms with Crippen LogP contribution in [0, 0.1) is 0 Å². The van der Waals surface area contributed by atoms with Crippen molar-refractivity contribution in [3.63, 3.8) is 0 Å². The molecule has 3 N–H and O–H groups in total. The van der Waals surface area contributed by atoms with Crippen LogP contribution >= 0.6 is 0 Å². The van der Waals surface area contributed by atoms with Crippen molar-refractivity contribution in [2.24, 2.45) is 0 Å². The third-order valence-electron chi connectivity index (χ3n) is 2.46. The lowest BCUT2D eigenvalue weighted by Gasteiger charge is -2.20. The molecule has 7 nitrogen and oxygen atoms in total. The van der Waals surface area contributed by atoms with Crippen LogP contribution in [0.15, 0.2) is 6.33 Å². The van der Waals surface area contributed by atoms with E-state index in [4.69, 9.17) is 10.5 Å². The first-order valence-electron chi connectivity index (χ1n) is 6.69. The minimum atomic E-state index is -0.0865. The van der Waals surface area contributed by atoms with Gasteiger partial charge in [0.1, 0.15) is 12.0 Å². The lowest BCUT2D eigenvalue weighted by molar-refractivity contribution is -0.120. The molecule has 1 rings (SSSR count). The van der Waals surface area contributed by atoms with Gasteiger partial charge in [0.05, 0.1) is 13.2 Å². The summed E-state index contributed by atoms with van der Waals surface area (Å²) in [5.74, 6) is 0.759. The molecule has 1 aromatic heterocycles. The van der Waals surface area contributed by atoms with Gasteiger partial charge in [0, 0.05) is 13.1 Å². The Balaban J connectivity index is 2.77. The van der Waals surface area contributed by atoms with Gasteiger partial charge in [-0.2, -0.15) is 4.98 Å². The van der Waals surface area contributed by atoms with Crippen LogP contribution in [0.5, 0.6) is 5.88 Å². The molecule has 0 aliphatic rings. The topological polar surface area (TPSA) is 93.4 Å². The first-order chi connectivity index (χ1) is 9.45. The molecule has 0 spiro atoms. The molecule has 1 amide bonds. The maximum absolute atomic E-state index is 11.7. The number of amides is 1. The van der Waals surface area contributed by atoms with E-state index in [1.807, 2.05) is 20.8 Å². The van der Waals surface area contributed by atoms with Gasteiger partial charge in [0.2, 0.25) is 11.8 Å². The van der Waals surface area contributed by atoms with Crippen LogP contribution in [-0.4, -0.2) is 42.1 Å². The molecular formula is C13H23N5O2. The lowest BCUT2D eigenvalue weighted by atomic mass is 10.3. The zero-order valence-corrected chi connectivity index (χ0v) is 12.5. The van der Waals surface area contributed by atoms with Gasteiger partial charge in [-0.05, 0) is 20.3 Å². The van der Waals surface area contributed by atoms with Gasteiger partial charge in [-0.3, -0.25) is 4.79 Å². The minimum absolute atomic E-state index is 0.0865. The Bertz CT molecular complexity index is 450. The predicted molar refractivity (Wildman–Crippen MR) is 78.8 cm³/mol. The van der Waals surface area contributed by atoms with Crippen LogP contribution in [0.1, 0.15) is 27.2 Å². The fraction of sp³-hybridized carbons (Fsp3) is 0.615. The number of nitrogens with zero attached hydrogens (tertiary/aromatic N) is 3. The summed E-state index contributed by atoms with van der Waals surface area (Å²) in [4.78, 5) is 21.5. The van der Waals surface area contributed by atoms with Crippen LogP contribution in [0.2, 0.25) is 0 Å². The van der Waals surface area contributed by atoms with Crippen molar-refractivity contribution in [2.45, 2.75) is 33.2 Å². The molecule has 0 fully saturated rings. The van der Waals surface area contributed by atoms with Gasteiger partial charge in [-0.1, -0.05) is 6.92 Å². The number of ether oxygens (including phenoxy) is 1. The Morgan fingerprint density at radius 1 is 1.50 bits per heavy atom. The second-order valence-electron chi connectivity index (χ2n) is 4.84. The number of likely N-dealkylation sites (N-methyl/N-ethyl adjacent to an activating group) is 1. The van der Waals surface area contributed by atoms with Crippen molar-refractivity contribution in [3.05, 3.63) is 6.33 Å². The largest absolute Gasteiger partial charge is 0.476 e. The highest BCUT2D eigenvalue weighted by molar-refractivity contribution is 5.82. The average Bonchev–Trinajstić information content (AvgIpc) is 2.36. The van der Waals surface area contributed by atoms with Crippen LogP contribution in [0.25, 0.3) is 0 Å². The zero-order chi connectivity index (χ0) is 15.1. The summed E-state index contributed by atoms with van der Waals surface area (Å²) in [6.45, 7) is 6.53. The van der Waals surface area contributed by atoms with Crippen molar-refractivity contribution in [2.75, 3.05) is 30.8 Å². The molecule has 0 unspecified atom stereocenters. The molecule has 0 radical (unpaired) electrons. The van der Waals surface area contributed by atoms with E-state index in [1.165, 1.54) is 6.33 Å². The second kappa shape index (κ2) is 7.52. The number of hydrogen-bond acceptors (Lipinski definition) is 6. The molecule has 1 heterocycles. The summed E-state index contributed by atoms with van der Waals surface area (Å²) < 4.78 is 5.44. The fourth-order valence-corrected chi connectivity index (χ4v) is 1.65. The predicted octanol–water partition coefficient (Wildman–Crippen LogP) is 0.808. The Kier molecular flexibility index (Phi) is 6.02. The highest BCUT2D eigenvalue weighted by atomic mass is 16.5. The van der Waals surface area contributed by atoms with E-state index >= 15 is 0 Å². The lowest BCUT2D eigenvalue weighted by Crippen LogP contribution is -2.39. The van der Waals surface area contributed by atoms with Crippen LogP contribution in [0.4, 0.5) is 11.5 Å². The molecule has 112 valence electrons. The second-order valence-corrected chi connectivity index (χ2v) is 4.84. The minimum Gasteiger partial charge on any atom is -0.476 e. The summed E-state index contributed by atoms with van der Waals surface area (Å²) in [5.41, 5.74) is 6.33. The van der Waals surface area contributed by atoms with Crippen molar-refractivity contribution < 1.29 is 9.53 Å². The highest BCUT2D eigenvalue weighted by Crippen LogP contribution is 2.26. The summed E-state index contributed by atoms with van der Waals surface area (Å²) in [5, 5.41) is 2.82. The maximum atomic E-state index is 11.7. The number of anilines is 2. The number of nitrogens with two attached hydrogens (primary N) is 1. The first kappa shape index (κ1) is 16.0. The quantitative estimate of drug-likeness (QED) is 0.768. The summed E-state index contributed by atoms with van der Waals surface area (Å²) in [7, 11) is 1.75.